The second-order valence-corrected chi connectivity index (χ2v) is 6.25. The van der Waals surface area contributed by atoms with Crippen LogP contribution in [0.4, 0.5) is 0 Å². The minimum absolute atomic E-state index is 0.320. The summed E-state index contributed by atoms with van der Waals surface area (Å²) in [6.45, 7) is 3.85. The summed E-state index contributed by atoms with van der Waals surface area (Å²) in [5, 5.41) is 4.95. The van der Waals surface area contributed by atoms with Gasteiger partial charge in [-0.2, -0.15) is 4.98 Å². The van der Waals surface area contributed by atoms with Gasteiger partial charge in [0.1, 0.15) is 0 Å². The summed E-state index contributed by atoms with van der Waals surface area (Å²) in [6, 6.07) is 3.39. The van der Waals surface area contributed by atoms with E-state index in [2.05, 4.69) is 15.1 Å². The minimum Gasteiger partial charge on any atom is -0.300 e. The van der Waals surface area contributed by atoms with Crippen molar-refractivity contribution in [2.24, 2.45) is 14.1 Å². The first-order chi connectivity index (χ1) is 10.9. The fourth-order valence-corrected chi connectivity index (χ4v) is 3.10. The maximum absolute atomic E-state index is 11.9. The summed E-state index contributed by atoms with van der Waals surface area (Å²) < 4.78 is 4.21. The van der Waals surface area contributed by atoms with Gasteiger partial charge in [-0.05, 0) is 19.9 Å². The van der Waals surface area contributed by atoms with Crippen molar-refractivity contribution in [1.29, 1.82) is 0 Å². The van der Waals surface area contributed by atoms with Crippen molar-refractivity contribution in [3.63, 3.8) is 0 Å². The Morgan fingerprint density at radius 3 is 2.57 bits per heavy atom. The van der Waals surface area contributed by atoms with Gasteiger partial charge in [0.15, 0.2) is 0 Å². The lowest BCUT2D eigenvalue weighted by molar-refractivity contribution is 0.665. The maximum Gasteiger partial charge on any atom is 0.330 e. The van der Waals surface area contributed by atoms with E-state index >= 15 is 0 Å². The first-order valence-electron chi connectivity index (χ1n) is 6.96. The van der Waals surface area contributed by atoms with Crippen molar-refractivity contribution in [1.82, 2.24) is 28.7 Å². The van der Waals surface area contributed by atoms with Crippen LogP contribution in [0, 0.1) is 13.8 Å². The molecule has 0 N–H and O–H groups in total. The quantitative estimate of drug-likeness (QED) is 0.647. The number of thioether (sulfide) groups is 1. The van der Waals surface area contributed by atoms with Gasteiger partial charge in [0.25, 0.3) is 11.3 Å². The van der Waals surface area contributed by atoms with E-state index in [9.17, 15) is 9.59 Å². The Labute approximate surface area is 135 Å². The number of fused-ring (bicyclic) bond motifs is 1. The number of nitrogens with zero attached hydrogens (tertiary/aromatic N) is 6. The molecule has 0 amide bonds. The van der Waals surface area contributed by atoms with E-state index in [4.69, 9.17) is 0 Å². The Morgan fingerprint density at radius 1 is 1.09 bits per heavy atom. The van der Waals surface area contributed by atoms with Gasteiger partial charge in [0.2, 0.25) is 5.16 Å². The second-order valence-electron chi connectivity index (χ2n) is 5.31. The molecule has 3 heterocycles. The van der Waals surface area contributed by atoms with Crippen molar-refractivity contribution in [2.75, 3.05) is 0 Å². The van der Waals surface area contributed by atoms with E-state index in [1.807, 2.05) is 19.9 Å². The van der Waals surface area contributed by atoms with Crippen LogP contribution in [-0.2, 0) is 19.8 Å². The molecule has 8 nitrogen and oxygen atoms in total. The molecule has 23 heavy (non-hydrogen) atoms. The third-order valence-electron chi connectivity index (χ3n) is 3.57. The molecule has 0 aliphatic rings. The molecule has 0 saturated carbocycles. The number of aryl methyl sites for hydroxylation is 2. The fourth-order valence-electron chi connectivity index (χ4n) is 2.26. The highest BCUT2D eigenvalue weighted by Crippen LogP contribution is 2.19. The monoisotopic (exact) mass is 332 g/mol. The van der Waals surface area contributed by atoms with Gasteiger partial charge in [-0.1, -0.05) is 11.8 Å². The van der Waals surface area contributed by atoms with Gasteiger partial charge in [-0.15, -0.1) is 5.10 Å². The van der Waals surface area contributed by atoms with E-state index < -0.39 is 0 Å². The van der Waals surface area contributed by atoms with Crippen LogP contribution in [0.15, 0.2) is 26.9 Å². The summed E-state index contributed by atoms with van der Waals surface area (Å²) in [5.74, 6) is 0.972. The normalized spacial score (nSPS) is 11.3. The van der Waals surface area contributed by atoms with E-state index in [0.29, 0.717) is 22.4 Å². The summed E-state index contributed by atoms with van der Waals surface area (Å²) in [5.41, 5.74) is 1.80. The Kier molecular flexibility index (Phi) is 3.80. The lowest BCUT2D eigenvalue weighted by Crippen LogP contribution is -2.37. The van der Waals surface area contributed by atoms with E-state index in [0.717, 1.165) is 16.0 Å². The molecule has 3 aromatic heterocycles. The predicted molar refractivity (Wildman–Crippen MR) is 86.7 cm³/mol. The van der Waals surface area contributed by atoms with Crippen LogP contribution in [0.1, 0.15) is 17.1 Å². The van der Waals surface area contributed by atoms with Gasteiger partial charge < -0.3 is 0 Å². The highest BCUT2D eigenvalue weighted by Gasteiger charge is 2.11. The number of hydrogen-bond donors (Lipinski definition) is 0. The predicted octanol–water partition coefficient (Wildman–Crippen LogP) is 0.431. The number of hydrogen-bond acceptors (Lipinski definition) is 6. The van der Waals surface area contributed by atoms with Gasteiger partial charge in [0, 0.05) is 43.0 Å². The van der Waals surface area contributed by atoms with Crippen molar-refractivity contribution >= 4 is 17.5 Å². The summed E-state index contributed by atoms with van der Waals surface area (Å²) in [7, 11) is 3.10. The molecule has 0 aliphatic heterocycles. The third kappa shape index (κ3) is 2.79. The van der Waals surface area contributed by atoms with Crippen molar-refractivity contribution in [3.8, 4) is 0 Å². The molecule has 3 aromatic rings. The molecule has 0 unspecified atom stereocenters. The van der Waals surface area contributed by atoms with E-state index in [1.54, 1.807) is 11.6 Å². The summed E-state index contributed by atoms with van der Waals surface area (Å²) in [4.78, 5) is 32.4. The Balaban J connectivity index is 1.91. The molecule has 120 valence electrons. The van der Waals surface area contributed by atoms with Crippen LogP contribution in [0.25, 0.3) is 5.78 Å². The molecule has 9 heteroatoms. The van der Waals surface area contributed by atoms with Crippen LogP contribution in [-0.4, -0.2) is 28.7 Å². The summed E-state index contributed by atoms with van der Waals surface area (Å²) in [6.07, 6.45) is 0. The third-order valence-corrected chi connectivity index (χ3v) is 4.44. The van der Waals surface area contributed by atoms with Gasteiger partial charge in [0.05, 0.1) is 0 Å². The van der Waals surface area contributed by atoms with Crippen LogP contribution >= 0.6 is 11.8 Å². The largest absolute Gasteiger partial charge is 0.330 e. The lowest BCUT2D eigenvalue weighted by atomic mass is 10.4. The summed E-state index contributed by atoms with van der Waals surface area (Å²) >= 11 is 1.36. The smallest absolute Gasteiger partial charge is 0.300 e. The molecule has 0 aliphatic carbocycles. The van der Waals surface area contributed by atoms with Gasteiger partial charge >= 0.3 is 5.69 Å². The van der Waals surface area contributed by atoms with Crippen molar-refractivity contribution < 1.29 is 0 Å². The molecule has 0 fully saturated rings. The molecule has 0 spiro atoms. The molecule has 0 radical (unpaired) electrons. The highest BCUT2D eigenvalue weighted by atomic mass is 32.2. The molecule has 0 saturated heterocycles. The zero-order chi connectivity index (χ0) is 16.7. The molecular weight excluding hydrogens is 316 g/mol. The second kappa shape index (κ2) is 5.65. The zero-order valence-electron chi connectivity index (χ0n) is 13.3. The van der Waals surface area contributed by atoms with Crippen LogP contribution in [0.5, 0.6) is 0 Å². The van der Waals surface area contributed by atoms with E-state index in [-0.39, 0.29) is 11.2 Å². The minimum atomic E-state index is -0.343. The fraction of sp³-hybridized carbons (Fsp3) is 0.357. The van der Waals surface area contributed by atoms with Crippen molar-refractivity contribution in [3.05, 3.63) is 50.1 Å². The SMILES string of the molecule is Cc1cc(C)n2nc(SCc3cc(=O)n(C)c(=O)n3C)nc2n1. The standard InChI is InChI=1S/C14H16N6O2S/c1-8-5-9(2)20-12(15-8)16-13(17-20)23-7-10-6-11(21)19(4)14(22)18(10)3/h5-6H,7H2,1-4H3. The first-order valence-corrected chi connectivity index (χ1v) is 7.95. The molecule has 0 atom stereocenters. The highest BCUT2D eigenvalue weighted by molar-refractivity contribution is 7.98. The lowest BCUT2D eigenvalue weighted by Gasteiger charge is -2.07. The Hall–Kier alpha value is -2.42. The number of aromatic nitrogens is 6. The van der Waals surface area contributed by atoms with Crippen molar-refractivity contribution in [2.45, 2.75) is 24.8 Å². The van der Waals surface area contributed by atoms with Crippen LogP contribution in [0.2, 0.25) is 0 Å². The molecular formula is C14H16N6O2S. The van der Waals surface area contributed by atoms with Crippen LogP contribution in [0.3, 0.4) is 0 Å². The molecule has 0 aromatic carbocycles. The average molecular weight is 332 g/mol. The van der Waals surface area contributed by atoms with Gasteiger partial charge in [-0.3, -0.25) is 13.9 Å². The molecule has 3 rings (SSSR count). The molecule has 0 bridgehead atoms. The Bertz CT molecular complexity index is 1020. The number of rotatable bonds is 3. The Morgan fingerprint density at radius 2 is 1.83 bits per heavy atom. The maximum atomic E-state index is 11.9. The average Bonchev–Trinajstić information content (AvgIpc) is 2.90. The topological polar surface area (TPSA) is 87.1 Å². The van der Waals surface area contributed by atoms with E-state index in [1.165, 1.54) is 29.4 Å². The van der Waals surface area contributed by atoms with Gasteiger partial charge in [-0.25, -0.2) is 14.3 Å². The zero-order valence-corrected chi connectivity index (χ0v) is 14.1. The first kappa shape index (κ1) is 15.5. The van der Waals surface area contributed by atoms with Crippen LogP contribution < -0.4 is 11.2 Å².